The van der Waals surface area contributed by atoms with Crippen molar-refractivity contribution in [1.29, 1.82) is 0 Å². The second-order valence-corrected chi connectivity index (χ2v) is 7.09. The first-order chi connectivity index (χ1) is 12.8. The van der Waals surface area contributed by atoms with Crippen LogP contribution < -0.4 is 10.6 Å². The zero-order valence-electron chi connectivity index (χ0n) is 15.6. The highest BCUT2D eigenvalue weighted by Crippen LogP contribution is 2.17. The minimum absolute atomic E-state index is 0.204. The number of hydrogen-bond acceptors (Lipinski definition) is 2. The molecule has 0 radical (unpaired) electrons. The first kappa shape index (κ1) is 21.1. The summed E-state index contributed by atoms with van der Waals surface area (Å²) in [6.07, 6.45) is 0.804. The van der Waals surface area contributed by atoms with Crippen LogP contribution in [0.25, 0.3) is 0 Å². The summed E-state index contributed by atoms with van der Waals surface area (Å²) in [7, 11) is 0. The highest BCUT2D eigenvalue weighted by molar-refractivity contribution is 7.80. The van der Waals surface area contributed by atoms with E-state index in [2.05, 4.69) is 10.6 Å². The van der Waals surface area contributed by atoms with E-state index >= 15 is 0 Å². The van der Waals surface area contributed by atoms with Gasteiger partial charge in [0.15, 0.2) is 5.11 Å². The molecule has 2 aromatic rings. The lowest BCUT2D eigenvalue weighted by atomic mass is 10.2. The molecule has 0 aromatic heterocycles. The molecule has 0 heterocycles. The number of aryl methyl sites for hydroxylation is 1. The Morgan fingerprint density at radius 1 is 1.22 bits per heavy atom. The summed E-state index contributed by atoms with van der Waals surface area (Å²) in [5, 5.41) is 6.78. The van der Waals surface area contributed by atoms with E-state index in [0.717, 1.165) is 6.42 Å². The van der Waals surface area contributed by atoms with Gasteiger partial charge in [-0.3, -0.25) is 4.79 Å². The predicted octanol–water partition coefficient (Wildman–Crippen LogP) is 5.22. The van der Waals surface area contributed by atoms with Gasteiger partial charge in [-0.1, -0.05) is 30.7 Å². The number of anilines is 2. The van der Waals surface area contributed by atoms with Crippen molar-refractivity contribution in [2.24, 2.45) is 0 Å². The minimum Gasteiger partial charge on any atom is -0.337 e. The molecule has 27 heavy (non-hydrogen) atoms. The van der Waals surface area contributed by atoms with Crippen molar-refractivity contribution in [1.82, 2.24) is 4.90 Å². The number of halogens is 2. The normalized spacial score (nSPS) is 11.6. The van der Waals surface area contributed by atoms with Crippen molar-refractivity contribution in [3.05, 3.63) is 58.9 Å². The van der Waals surface area contributed by atoms with Crippen LogP contribution in [0, 0.1) is 12.7 Å². The quantitative estimate of drug-likeness (QED) is 0.644. The van der Waals surface area contributed by atoms with Crippen molar-refractivity contribution in [3.63, 3.8) is 0 Å². The SMILES string of the molecule is CCCN(C(=S)Nc1ccc(C)c(F)c1)[C@H](C)C(=O)Nc1cccc(Cl)c1. The molecule has 0 aliphatic rings. The van der Waals surface area contributed by atoms with E-state index in [1.807, 2.05) is 6.92 Å². The smallest absolute Gasteiger partial charge is 0.246 e. The van der Waals surface area contributed by atoms with Crippen LogP contribution in [-0.2, 0) is 4.79 Å². The molecule has 0 fully saturated rings. The molecular weight excluding hydrogens is 385 g/mol. The number of nitrogens with zero attached hydrogens (tertiary/aromatic N) is 1. The van der Waals surface area contributed by atoms with Crippen LogP contribution >= 0.6 is 23.8 Å². The zero-order valence-corrected chi connectivity index (χ0v) is 17.1. The fourth-order valence-electron chi connectivity index (χ4n) is 2.53. The third-order valence-electron chi connectivity index (χ3n) is 4.09. The maximum Gasteiger partial charge on any atom is 0.246 e. The standard InChI is InChI=1S/C20H23ClFN3OS/c1-4-10-25(20(27)24-17-9-8-13(2)18(22)12-17)14(3)19(26)23-16-7-5-6-15(21)11-16/h5-9,11-12,14H,4,10H2,1-3H3,(H,23,26)(H,24,27)/t14-/m1/s1. The predicted molar refractivity (Wildman–Crippen MR) is 114 cm³/mol. The Morgan fingerprint density at radius 3 is 2.56 bits per heavy atom. The lowest BCUT2D eigenvalue weighted by molar-refractivity contribution is -0.119. The van der Waals surface area contributed by atoms with Gasteiger partial charge < -0.3 is 15.5 Å². The fraction of sp³-hybridized carbons (Fsp3) is 0.300. The third-order valence-corrected chi connectivity index (χ3v) is 4.66. The maximum absolute atomic E-state index is 13.8. The molecule has 7 heteroatoms. The monoisotopic (exact) mass is 407 g/mol. The van der Waals surface area contributed by atoms with E-state index in [4.69, 9.17) is 23.8 Å². The summed E-state index contributed by atoms with van der Waals surface area (Å²) in [6.45, 7) is 6.06. The number of benzene rings is 2. The van der Waals surface area contributed by atoms with Crippen molar-refractivity contribution < 1.29 is 9.18 Å². The third kappa shape index (κ3) is 5.91. The zero-order chi connectivity index (χ0) is 20.0. The molecule has 0 saturated carbocycles. The largest absolute Gasteiger partial charge is 0.337 e. The lowest BCUT2D eigenvalue weighted by Gasteiger charge is -2.30. The van der Waals surface area contributed by atoms with Gasteiger partial charge in [0, 0.05) is 22.9 Å². The van der Waals surface area contributed by atoms with Gasteiger partial charge in [-0.15, -0.1) is 0 Å². The Hall–Kier alpha value is -2.18. The van der Waals surface area contributed by atoms with E-state index in [-0.39, 0.29) is 11.7 Å². The number of rotatable bonds is 6. The number of carbonyl (C=O) groups excluding carboxylic acids is 1. The summed E-state index contributed by atoms with van der Waals surface area (Å²) in [5.41, 5.74) is 1.73. The van der Waals surface area contributed by atoms with Gasteiger partial charge in [-0.2, -0.15) is 0 Å². The molecule has 2 rings (SSSR count). The van der Waals surface area contributed by atoms with Gasteiger partial charge in [0.1, 0.15) is 11.9 Å². The van der Waals surface area contributed by atoms with Gasteiger partial charge >= 0.3 is 0 Å². The molecule has 4 nitrogen and oxygen atoms in total. The highest BCUT2D eigenvalue weighted by Gasteiger charge is 2.23. The van der Waals surface area contributed by atoms with Crippen LogP contribution in [0.3, 0.4) is 0 Å². The number of hydrogen-bond donors (Lipinski definition) is 2. The van der Waals surface area contributed by atoms with Crippen LogP contribution in [-0.4, -0.2) is 28.5 Å². The number of amides is 1. The number of carbonyl (C=O) groups is 1. The molecule has 2 N–H and O–H groups in total. The molecule has 0 bridgehead atoms. The molecule has 0 aliphatic carbocycles. The van der Waals surface area contributed by atoms with E-state index in [9.17, 15) is 9.18 Å². The van der Waals surface area contributed by atoms with Gasteiger partial charge in [-0.25, -0.2) is 4.39 Å². The van der Waals surface area contributed by atoms with Crippen molar-refractivity contribution in [2.45, 2.75) is 33.2 Å². The molecule has 1 amide bonds. The maximum atomic E-state index is 13.8. The van der Waals surface area contributed by atoms with Gasteiger partial charge in [-0.05, 0) is 68.4 Å². The Balaban J connectivity index is 2.10. The summed E-state index contributed by atoms with van der Waals surface area (Å²) < 4.78 is 13.8. The fourth-order valence-corrected chi connectivity index (χ4v) is 3.09. The second-order valence-electron chi connectivity index (χ2n) is 6.26. The van der Waals surface area contributed by atoms with Crippen LogP contribution in [0.5, 0.6) is 0 Å². The van der Waals surface area contributed by atoms with Crippen molar-refractivity contribution >= 4 is 46.2 Å². The Morgan fingerprint density at radius 2 is 1.93 bits per heavy atom. The van der Waals surface area contributed by atoms with Crippen LogP contribution in [0.4, 0.5) is 15.8 Å². The first-order valence-electron chi connectivity index (χ1n) is 8.72. The van der Waals surface area contributed by atoms with Gasteiger partial charge in [0.2, 0.25) is 5.91 Å². The lowest BCUT2D eigenvalue weighted by Crippen LogP contribution is -2.47. The molecule has 2 aromatic carbocycles. The molecule has 0 spiro atoms. The van der Waals surface area contributed by atoms with Gasteiger partial charge in [0.05, 0.1) is 0 Å². The minimum atomic E-state index is -0.515. The van der Waals surface area contributed by atoms with Crippen LogP contribution in [0.15, 0.2) is 42.5 Å². The van der Waals surface area contributed by atoms with E-state index in [1.54, 1.807) is 55.1 Å². The molecule has 0 unspecified atom stereocenters. The van der Waals surface area contributed by atoms with E-state index in [1.165, 1.54) is 6.07 Å². The van der Waals surface area contributed by atoms with Gasteiger partial charge in [0.25, 0.3) is 0 Å². The molecule has 0 saturated heterocycles. The number of nitrogens with one attached hydrogen (secondary N) is 2. The highest BCUT2D eigenvalue weighted by atomic mass is 35.5. The Bertz CT molecular complexity index is 831. The van der Waals surface area contributed by atoms with E-state index in [0.29, 0.717) is 33.6 Å². The molecular formula is C20H23ClFN3OS. The summed E-state index contributed by atoms with van der Waals surface area (Å²) in [4.78, 5) is 14.4. The summed E-state index contributed by atoms with van der Waals surface area (Å²) >= 11 is 11.4. The average molecular weight is 408 g/mol. The Kier molecular flexibility index (Phi) is 7.56. The molecule has 144 valence electrons. The topological polar surface area (TPSA) is 44.4 Å². The second kappa shape index (κ2) is 9.67. The van der Waals surface area contributed by atoms with E-state index < -0.39 is 6.04 Å². The number of thiocarbonyl (C=S) groups is 1. The van der Waals surface area contributed by atoms with Crippen LogP contribution in [0.1, 0.15) is 25.8 Å². The Labute approximate surface area is 169 Å². The summed E-state index contributed by atoms with van der Waals surface area (Å²) in [5.74, 6) is -0.512. The average Bonchev–Trinajstić information content (AvgIpc) is 2.62. The van der Waals surface area contributed by atoms with Crippen molar-refractivity contribution in [2.75, 3.05) is 17.2 Å². The van der Waals surface area contributed by atoms with Crippen LogP contribution in [0.2, 0.25) is 5.02 Å². The molecule has 1 atom stereocenters. The van der Waals surface area contributed by atoms with Crippen molar-refractivity contribution in [3.8, 4) is 0 Å². The summed E-state index contributed by atoms with van der Waals surface area (Å²) in [6, 6.07) is 11.3. The first-order valence-corrected chi connectivity index (χ1v) is 9.50. The molecule has 0 aliphatic heterocycles.